The van der Waals surface area contributed by atoms with Gasteiger partial charge in [-0.2, -0.15) is 0 Å². The first kappa shape index (κ1) is 15.7. The van der Waals surface area contributed by atoms with Crippen molar-refractivity contribution in [1.82, 2.24) is 10.6 Å². The van der Waals surface area contributed by atoms with Gasteiger partial charge in [0.2, 0.25) is 5.91 Å². The van der Waals surface area contributed by atoms with E-state index in [1.807, 2.05) is 32.0 Å². The van der Waals surface area contributed by atoms with Crippen molar-refractivity contribution >= 4 is 5.91 Å². The normalized spacial score (nSPS) is 13.1. The van der Waals surface area contributed by atoms with Crippen molar-refractivity contribution in [3.63, 3.8) is 0 Å². The fourth-order valence-corrected chi connectivity index (χ4v) is 2.09. The van der Waals surface area contributed by atoms with Gasteiger partial charge in [-0.3, -0.25) is 4.79 Å². The molecule has 0 bridgehead atoms. The van der Waals surface area contributed by atoms with E-state index in [0.29, 0.717) is 12.6 Å². The lowest BCUT2D eigenvalue weighted by Gasteiger charge is -2.25. The van der Waals surface area contributed by atoms with Gasteiger partial charge in [-0.05, 0) is 25.5 Å². The molecule has 3 nitrogen and oxygen atoms in total. The largest absolute Gasteiger partial charge is 0.354 e. The first-order valence-electron chi connectivity index (χ1n) is 7.01. The second-order valence-corrected chi connectivity index (χ2v) is 5.72. The Balaban J connectivity index is 2.50. The Morgan fingerprint density at radius 1 is 1.26 bits per heavy atom. The van der Waals surface area contributed by atoms with Crippen LogP contribution >= 0.6 is 0 Å². The molecule has 1 aromatic carbocycles. The molecule has 0 spiro atoms. The van der Waals surface area contributed by atoms with Crippen molar-refractivity contribution < 1.29 is 4.79 Å². The van der Waals surface area contributed by atoms with Crippen molar-refractivity contribution in [2.24, 2.45) is 5.41 Å². The third-order valence-corrected chi connectivity index (χ3v) is 3.22. The lowest BCUT2D eigenvalue weighted by molar-refractivity contribution is -0.129. The van der Waals surface area contributed by atoms with Crippen LogP contribution in [0.4, 0.5) is 0 Å². The van der Waals surface area contributed by atoms with Crippen molar-refractivity contribution in [2.45, 2.75) is 40.2 Å². The first-order chi connectivity index (χ1) is 8.95. The molecule has 0 saturated heterocycles. The highest BCUT2D eigenvalue weighted by molar-refractivity contribution is 5.82. The topological polar surface area (TPSA) is 41.1 Å². The van der Waals surface area contributed by atoms with E-state index in [0.717, 1.165) is 13.0 Å². The number of rotatable bonds is 7. The molecule has 0 saturated carbocycles. The lowest BCUT2D eigenvalue weighted by Crippen LogP contribution is -2.44. The predicted molar refractivity (Wildman–Crippen MR) is 80.1 cm³/mol. The summed E-state index contributed by atoms with van der Waals surface area (Å²) in [5.41, 5.74) is 0.815. The Morgan fingerprint density at radius 2 is 1.89 bits per heavy atom. The van der Waals surface area contributed by atoms with Gasteiger partial charge in [0.1, 0.15) is 0 Å². The summed E-state index contributed by atoms with van der Waals surface area (Å²) in [6, 6.07) is 10.5. The molecule has 1 rings (SSSR count). The van der Waals surface area contributed by atoms with E-state index < -0.39 is 0 Å². The van der Waals surface area contributed by atoms with Crippen LogP contribution in [-0.4, -0.2) is 25.0 Å². The average Bonchev–Trinajstić information content (AvgIpc) is 2.37. The molecular formula is C16H26N2O. The number of carbonyl (C=O) groups is 1. The molecule has 0 aliphatic rings. The highest BCUT2D eigenvalue weighted by atomic mass is 16.2. The molecule has 1 amide bonds. The van der Waals surface area contributed by atoms with Gasteiger partial charge in [0.05, 0.1) is 0 Å². The number of likely N-dealkylation sites (N-methyl/N-ethyl adjacent to an activating group) is 1. The molecule has 0 unspecified atom stereocenters. The molecule has 0 radical (unpaired) electrons. The Bertz CT molecular complexity index is 387. The van der Waals surface area contributed by atoms with E-state index in [9.17, 15) is 4.79 Å². The summed E-state index contributed by atoms with van der Waals surface area (Å²) < 4.78 is 0. The Labute approximate surface area is 116 Å². The maximum Gasteiger partial charge on any atom is 0.226 e. The van der Waals surface area contributed by atoms with Crippen molar-refractivity contribution in [3.8, 4) is 0 Å². The smallest absolute Gasteiger partial charge is 0.226 e. The molecular weight excluding hydrogens is 236 g/mol. The molecule has 0 aliphatic heterocycles. The second-order valence-electron chi connectivity index (χ2n) is 5.72. The molecule has 0 heterocycles. The number of nitrogens with one attached hydrogen (secondary N) is 2. The second kappa shape index (κ2) is 7.29. The quantitative estimate of drug-likeness (QED) is 0.792. The summed E-state index contributed by atoms with van der Waals surface area (Å²) in [7, 11) is 0. The van der Waals surface area contributed by atoms with E-state index in [1.54, 1.807) is 0 Å². The monoisotopic (exact) mass is 262 g/mol. The first-order valence-corrected chi connectivity index (χ1v) is 7.01. The van der Waals surface area contributed by atoms with Gasteiger partial charge in [0, 0.05) is 18.0 Å². The molecule has 0 fully saturated rings. The number of carbonyl (C=O) groups excluding carboxylic acids is 1. The maximum atomic E-state index is 12.2. The Kier molecular flexibility index (Phi) is 6.03. The summed E-state index contributed by atoms with van der Waals surface area (Å²) in [4.78, 5) is 12.2. The third-order valence-electron chi connectivity index (χ3n) is 3.22. The van der Waals surface area contributed by atoms with E-state index in [1.165, 1.54) is 5.56 Å². The molecule has 3 heteroatoms. The number of hydrogen-bond acceptors (Lipinski definition) is 2. The van der Waals surface area contributed by atoms with Crippen molar-refractivity contribution in [1.29, 1.82) is 0 Å². The average molecular weight is 262 g/mol. The van der Waals surface area contributed by atoms with Gasteiger partial charge in [0.15, 0.2) is 0 Å². The molecule has 0 aliphatic carbocycles. The summed E-state index contributed by atoms with van der Waals surface area (Å²) in [6.45, 7) is 9.72. The van der Waals surface area contributed by atoms with Crippen LogP contribution in [0.1, 0.15) is 33.3 Å². The molecule has 1 atom stereocenters. The SMILES string of the molecule is CCN[C@H](C)CNC(=O)C(C)(C)Cc1ccccc1. The van der Waals surface area contributed by atoms with Crippen LogP contribution in [0.5, 0.6) is 0 Å². The van der Waals surface area contributed by atoms with Crippen LogP contribution < -0.4 is 10.6 Å². The van der Waals surface area contributed by atoms with Gasteiger partial charge in [-0.25, -0.2) is 0 Å². The zero-order valence-corrected chi connectivity index (χ0v) is 12.5. The summed E-state index contributed by atoms with van der Waals surface area (Å²) in [5, 5.41) is 6.31. The maximum absolute atomic E-state index is 12.2. The van der Waals surface area contributed by atoms with Crippen molar-refractivity contribution in [3.05, 3.63) is 35.9 Å². The van der Waals surface area contributed by atoms with Gasteiger partial charge in [-0.15, -0.1) is 0 Å². The van der Waals surface area contributed by atoms with Gasteiger partial charge in [0.25, 0.3) is 0 Å². The van der Waals surface area contributed by atoms with Crippen LogP contribution in [0, 0.1) is 5.41 Å². The van der Waals surface area contributed by atoms with Crippen LogP contribution in [0.3, 0.4) is 0 Å². The fourth-order valence-electron chi connectivity index (χ4n) is 2.09. The Morgan fingerprint density at radius 3 is 2.47 bits per heavy atom. The molecule has 19 heavy (non-hydrogen) atoms. The molecule has 1 aromatic rings. The van der Waals surface area contributed by atoms with Crippen LogP contribution in [0.15, 0.2) is 30.3 Å². The molecule has 106 valence electrons. The minimum atomic E-state index is -0.382. The summed E-state index contributed by atoms with van der Waals surface area (Å²) in [6.07, 6.45) is 0.759. The van der Waals surface area contributed by atoms with E-state index in [-0.39, 0.29) is 11.3 Å². The highest BCUT2D eigenvalue weighted by Crippen LogP contribution is 2.21. The fraction of sp³-hybridized carbons (Fsp3) is 0.562. The van der Waals surface area contributed by atoms with Crippen LogP contribution in [-0.2, 0) is 11.2 Å². The Hall–Kier alpha value is -1.35. The minimum Gasteiger partial charge on any atom is -0.354 e. The number of amides is 1. The van der Waals surface area contributed by atoms with E-state index in [4.69, 9.17) is 0 Å². The highest BCUT2D eigenvalue weighted by Gasteiger charge is 2.27. The summed E-state index contributed by atoms with van der Waals surface area (Å²) >= 11 is 0. The number of benzene rings is 1. The van der Waals surface area contributed by atoms with Crippen LogP contribution in [0.2, 0.25) is 0 Å². The lowest BCUT2D eigenvalue weighted by atomic mass is 9.85. The van der Waals surface area contributed by atoms with Gasteiger partial charge < -0.3 is 10.6 Å². The van der Waals surface area contributed by atoms with Crippen LogP contribution in [0.25, 0.3) is 0 Å². The predicted octanol–water partition coefficient (Wildman–Crippen LogP) is 2.37. The third kappa shape index (κ3) is 5.43. The zero-order valence-electron chi connectivity index (χ0n) is 12.5. The summed E-state index contributed by atoms with van der Waals surface area (Å²) in [5.74, 6) is 0.112. The molecule has 0 aromatic heterocycles. The van der Waals surface area contributed by atoms with E-state index in [2.05, 4.69) is 36.6 Å². The van der Waals surface area contributed by atoms with Gasteiger partial charge in [-0.1, -0.05) is 51.1 Å². The minimum absolute atomic E-state index is 0.112. The van der Waals surface area contributed by atoms with Gasteiger partial charge >= 0.3 is 0 Å². The van der Waals surface area contributed by atoms with E-state index >= 15 is 0 Å². The molecule has 2 N–H and O–H groups in total. The zero-order chi connectivity index (χ0) is 14.3. The standard InChI is InChI=1S/C16H26N2O/c1-5-17-13(2)12-18-15(19)16(3,4)11-14-9-7-6-8-10-14/h6-10,13,17H,5,11-12H2,1-4H3,(H,18,19)/t13-/m1/s1. The van der Waals surface area contributed by atoms with Crippen molar-refractivity contribution in [2.75, 3.05) is 13.1 Å². The number of hydrogen-bond donors (Lipinski definition) is 2.